The minimum atomic E-state index is -4.14. The van der Waals surface area contributed by atoms with Crippen LogP contribution in [0.15, 0.2) is 27.7 Å². The number of ether oxygens (including phenoxy) is 1. The van der Waals surface area contributed by atoms with Gasteiger partial charge in [0.1, 0.15) is 24.5 Å². The molecule has 1 rings (SSSR count). The zero-order valence-electron chi connectivity index (χ0n) is 13.6. The molecule has 0 fully saturated rings. The lowest BCUT2D eigenvalue weighted by molar-refractivity contribution is 0.128. The van der Waals surface area contributed by atoms with Crippen LogP contribution in [0.1, 0.15) is 50.7 Å². The van der Waals surface area contributed by atoms with E-state index in [2.05, 4.69) is 26.8 Å². The fraction of sp³-hybridized carbons (Fsp3) is 0.500. The monoisotopic (exact) mass is 328 g/mol. The van der Waals surface area contributed by atoms with Crippen molar-refractivity contribution >= 4 is 13.7 Å². The van der Waals surface area contributed by atoms with E-state index in [4.69, 9.17) is 18.9 Å². The molecule has 0 spiro atoms. The first-order chi connectivity index (χ1) is 10.2. The molecule has 22 heavy (non-hydrogen) atoms. The number of allylic oxidation sites excluding steroid dienone is 3. The summed E-state index contributed by atoms with van der Waals surface area (Å²) in [7, 11) is -4.14. The number of hydrogen-bond acceptors (Lipinski definition) is 3. The summed E-state index contributed by atoms with van der Waals surface area (Å²) in [5.74, 6) is 1.33. The first-order valence-electron chi connectivity index (χ1n) is 7.19. The molecule has 6 heteroatoms. The number of aryl methyl sites for hydroxylation is 1. The lowest BCUT2D eigenvalue weighted by atomic mass is 10.1. The molecule has 124 valence electrons. The van der Waals surface area contributed by atoms with Gasteiger partial charge in [-0.05, 0) is 58.2 Å². The molecule has 5 nitrogen and oxygen atoms in total. The third-order valence-corrected chi connectivity index (χ3v) is 3.53. The molecule has 0 saturated carbocycles. The van der Waals surface area contributed by atoms with E-state index < -0.39 is 13.9 Å². The smallest absolute Gasteiger partial charge is 0.350 e. The Labute approximate surface area is 131 Å². The van der Waals surface area contributed by atoms with Crippen molar-refractivity contribution in [3.05, 3.63) is 40.4 Å². The highest BCUT2D eigenvalue weighted by Crippen LogP contribution is 2.34. The molecule has 0 aromatic carbocycles. The number of furan rings is 1. The topological polar surface area (TPSA) is 79.9 Å². The zero-order chi connectivity index (χ0) is 16.8. The fourth-order valence-electron chi connectivity index (χ4n) is 1.92. The molecule has 0 unspecified atom stereocenters. The van der Waals surface area contributed by atoms with Gasteiger partial charge in [0, 0.05) is 0 Å². The first-order valence-corrected chi connectivity index (χ1v) is 8.99. The van der Waals surface area contributed by atoms with Gasteiger partial charge in [-0.25, -0.2) is 0 Å². The van der Waals surface area contributed by atoms with Crippen LogP contribution in [-0.2, 0) is 15.9 Å². The molecule has 0 aliphatic rings. The SMILES string of the molecule is CC(C)=CCC/C(C)=C/c1cc(C)c(COCP(=O)(O)O)o1. The maximum absolute atomic E-state index is 10.7. The average molecular weight is 328 g/mol. The van der Waals surface area contributed by atoms with Crippen molar-refractivity contribution in [2.75, 3.05) is 6.35 Å². The molecule has 1 heterocycles. The molecule has 0 atom stereocenters. The van der Waals surface area contributed by atoms with Gasteiger partial charge in [0.2, 0.25) is 0 Å². The van der Waals surface area contributed by atoms with E-state index in [9.17, 15) is 4.57 Å². The molecule has 0 aliphatic heterocycles. The van der Waals surface area contributed by atoms with Gasteiger partial charge < -0.3 is 18.9 Å². The van der Waals surface area contributed by atoms with E-state index in [1.165, 1.54) is 11.1 Å². The van der Waals surface area contributed by atoms with E-state index in [0.717, 1.165) is 24.2 Å². The van der Waals surface area contributed by atoms with Crippen molar-refractivity contribution in [2.45, 2.75) is 47.1 Å². The van der Waals surface area contributed by atoms with Crippen LogP contribution < -0.4 is 0 Å². The quantitative estimate of drug-likeness (QED) is 0.546. The summed E-state index contributed by atoms with van der Waals surface area (Å²) in [6.07, 6.45) is 5.56. The van der Waals surface area contributed by atoms with Gasteiger partial charge in [0.15, 0.2) is 0 Å². The second-order valence-corrected chi connectivity index (χ2v) is 7.30. The van der Waals surface area contributed by atoms with Crippen LogP contribution in [0.25, 0.3) is 6.08 Å². The molecule has 1 aromatic rings. The molecule has 0 amide bonds. The molecule has 0 bridgehead atoms. The molecule has 0 saturated heterocycles. The van der Waals surface area contributed by atoms with Crippen molar-refractivity contribution in [3.8, 4) is 0 Å². The molecule has 2 N–H and O–H groups in total. The summed E-state index contributed by atoms with van der Waals surface area (Å²) >= 11 is 0. The second-order valence-electron chi connectivity index (χ2n) is 5.71. The minimum absolute atomic E-state index is 0.0571. The van der Waals surface area contributed by atoms with E-state index >= 15 is 0 Å². The van der Waals surface area contributed by atoms with E-state index in [0.29, 0.717) is 5.76 Å². The number of rotatable bonds is 8. The van der Waals surface area contributed by atoms with Gasteiger partial charge in [-0.15, -0.1) is 0 Å². The highest BCUT2D eigenvalue weighted by molar-refractivity contribution is 7.51. The highest BCUT2D eigenvalue weighted by atomic mass is 31.2. The van der Waals surface area contributed by atoms with Gasteiger partial charge in [0.25, 0.3) is 0 Å². The Balaban J connectivity index is 2.60. The van der Waals surface area contributed by atoms with Crippen LogP contribution in [0.2, 0.25) is 0 Å². The Kier molecular flexibility index (Phi) is 7.30. The van der Waals surface area contributed by atoms with Crippen molar-refractivity contribution in [2.24, 2.45) is 0 Å². The zero-order valence-corrected chi connectivity index (χ0v) is 14.5. The van der Waals surface area contributed by atoms with Crippen LogP contribution in [-0.4, -0.2) is 16.1 Å². The van der Waals surface area contributed by atoms with Crippen LogP contribution in [0, 0.1) is 6.92 Å². The molecular weight excluding hydrogens is 303 g/mol. The summed E-state index contributed by atoms with van der Waals surface area (Å²) < 4.78 is 21.4. The summed E-state index contributed by atoms with van der Waals surface area (Å²) in [6.45, 7) is 8.16. The lowest BCUT2D eigenvalue weighted by Crippen LogP contribution is -1.96. The normalized spacial score (nSPS) is 12.5. The van der Waals surface area contributed by atoms with Gasteiger partial charge in [0.05, 0.1) is 0 Å². The fourth-order valence-corrected chi connectivity index (χ4v) is 2.25. The standard InChI is InChI=1S/C16H25O5P/c1-12(2)6-5-7-13(3)8-15-9-14(4)16(21-15)10-20-11-22(17,18)19/h6,8-9H,5,7,10-11H2,1-4H3,(H2,17,18,19)/b13-8+. The predicted molar refractivity (Wildman–Crippen MR) is 87.5 cm³/mol. The molecule has 1 aromatic heterocycles. The Morgan fingerprint density at radius 2 is 2.05 bits per heavy atom. The van der Waals surface area contributed by atoms with Gasteiger partial charge >= 0.3 is 7.60 Å². The summed E-state index contributed by atoms with van der Waals surface area (Å²) in [6, 6.07) is 1.90. The third kappa shape index (κ3) is 7.76. The van der Waals surface area contributed by atoms with Crippen LogP contribution in [0.3, 0.4) is 0 Å². The van der Waals surface area contributed by atoms with Crippen molar-refractivity contribution in [1.82, 2.24) is 0 Å². The highest BCUT2D eigenvalue weighted by Gasteiger charge is 2.14. The summed E-state index contributed by atoms with van der Waals surface area (Å²) in [5, 5.41) is 0. The van der Waals surface area contributed by atoms with Crippen molar-refractivity contribution in [3.63, 3.8) is 0 Å². The Hall–Kier alpha value is -1.13. The van der Waals surface area contributed by atoms with E-state index in [1.54, 1.807) is 0 Å². The van der Waals surface area contributed by atoms with Gasteiger partial charge in [-0.2, -0.15) is 0 Å². The minimum Gasteiger partial charge on any atom is -0.459 e. The average Bonchev–Trinajstić information content (AvgIpc) is 2.67. The first kappa shape index (κ1) is 18.9. The van der Waals surface area contributed by atoms with E-state index in [1.807, 2.05) is 19.1 Å². The second kappa shape index (κ2) is 8.49. The molecule has 0 aliphatic carbocycles. The Morgan fingerprint density at radius 1 is 1.36 bits per heavy atom. The van der Waals surface area contributed by atoms with Crippen molar-refractivity contribution in [1.29, 1.82) is 0 Å². The lowest BCUT2D eigenvalue weighted by Gasteiger charge is -2.04. The van der Waals surface area contributed by atoms with Crippen LogP contribution >= 0.6 is 7.60 Å². The van der Waals surface area contributed by atoms with Crippen LogP contribution in [0.5, 0.6) is 0 Å². The Morgan fingerprint density at radius 3 is 2.64 bits per heavy atom. The third-order valence-electron chi connectivity index (χ3n) is 3.01. The maximum atomic E-state index is 10.7. The molecular formula is C16H25O5P. The van der Waals surface area contributed by atoms with Gasteiger partial charge in [-0.3, -0.25) is 4.57 Å². The maximum Gasteiger partial charge on any atom is 0.350 e. The Bertz CT molecular complexity index is 588. The van der Waals surface area contributed by atoms with E-state index in [-0.39, 0.29) is 6.61 Å². The van der Waals surface area contributed by atoms with Gasteiger partial charge in [-0.1, -0.05) is 17.2 Å². The number of hydrogen-bond donors (Lipinski definition) is 2. The summed E-state index contributed by atoms with van der Waals surface area (Å²) in [5.41, 5.74) is 3.44. The molecule has 0 radical (unpaired) electrons. The predicted octanol–water partition coefficient (Wildman–Crippen LogP) is 4.39. The van der Waals surface area contributed by atoms with Crippen LogP contribution in [0.4, 0.5) is 0 Å². The largest absolute Gasteiger partial charge is 0.459 e. The summed E-state index contributed by atoms with van der Waals surface area (Å²) in [4.78, 5) is 17.5. The van der Waals surface area contributed by atoms with Crippen molar-refractivity contribution < 1.29 is 23.5 Å².